The van der Waals surface area contributed by atoms with Crippen molar-refractivity contribution in [3.63, 3.8) is 0 Å². The zero-order chi connectivity index (χ0) is 13.0. The molecule has 0 aliphatic carbocycles. The number of anilines is 2. The van der Waals surface area contributed by atoms with Gasteiger partial charge in [0.05, 0.1) is 12.6 Å². The van der Waals surface area contributed by atoms with Gasteiger partial charge in [-0.2, -0.15) is 0 Å². The summed E-state index contributed by atoms with van der Waals surface area (Å²) < 4.78 is 10.7. The molecule has 3 N–H and O–H groups in total. The zero-order valence-electron chi connectivity index (χ0n) is 10.4. The van der Waals surface area contributed by atoms with Gasteiger partial charge in [-0.1, -0.05) is 5.10 Å². The molecule has 18 heavy (non-hydrogen) atoms. The summed E-state index contributed by atoms with van der Waals surface area (Å²) in [7, 11) is 0. The molecule has 1 aromatic carbocycles. The summed E-state index contributed by atoms with van der Waals surface area (Å²) in [5.41, 5.74) is 6.48. The zero-order valence-corrected chi connectivity index (χ0v) is 10.4. The summed E-state index contributed by atoms with van der Waals surface area (Å²) in [6.45, 7) is 4.38. The number of rotatable bonds is 5. The van der Waals surface area contributed by atoms with Gasteiger partial charge >= 0.3 is 6.01 Å². The van der Waals surface area contributed by atoms with Crippen LogP contribution in [0.15, 0.2) is 28.7 Å². The maximum atomic E-state index is 5.63. The van der Waals surface area contributed by atoms with E-state index in [1.165, 1.54) is 0 Å². The fourth-order valence-corrected chi connectivity index (χ4v) is 1.39. The molecule has 6 nitrogen and oxygen atoms in total. The molecule has 2 aromatic rings. The van der Waals surface area contributed by atoms with Crippen molar-refractivity contribution in [2.75, 3.05) is 11.9 Å². The first-order valence-electron chi connectivity index (χ1n) is 5.78. The number of benzene rings is 1. The molecule has 0 amide bonds. The second kappa shape index (κ2) is 5.50. The van der Waals surface area contributed by atoms with Gasteiger partial charge in [-0.3, -0.25) is 0 Å². The number of nitrogens with two attached hydrogens (primary N) is 1. The summed E-state index contributed by atoms with van der Waals surface area (Å²) in [5, 5.41) is 10.7. The Morgan fingerprint density at radius 1 is 1.33 bits per heavy atom. The largest absolute Gasteiger partial charge is 0.494 e. The van der Waals surface area contributed by atoms with E-state index in [2.05, 4.69) is 15.5 Å². The van der Waals surface area contributed by atoms with Crippen LogP contribution >= 0.6 is 0 Å². The van der Waals surface area contributed by atoms with Crippen molar-refractivity contribution in [3.05, 3.63) is 30.2 Å². The van der Waals surface area contributed by atoms with Crippen molar-refractivity contribution in [3.8, 4) is 5.75 Å². The maximum Gasteiger partial charge on any atom is 0.320 e. The fraction of sp³-hybridized carbons (Fsp3) is 0.333. The summed E-state index contributed by atoms with van der Waals surface area (Å²) in [6, 6.07) is 7.55. The molecule has 0 saturated heterocycles. The highest BCUT2D eigenvalue weighted by molar-refractivity contribution is 5.53. The minimum Gasteiger partial charge on any atom is -0.494 e. The van der Waals surface area contributed by atoms with Gasteiger partial charge in [-0.15, -0.1) is 5.10 Å². The minimum atomic E-state index is -0.270. The van der Waals surface area contributed by atoms with E-state index in [0.717, 1.165) is 11.4 Å². The van der Waals surface area contributed by atoms with E-state index in [0.29, 0.717) is 18.5 Å². The molecule has 0 aliphatic rings. The Morgan fingerprint density at radius 2 is 2.06 bits per heavy atom. The molecule has 0 saturated carbocycles. The first kappa shape index (κ1) is 12.4. The molecule has 96 valence electrons. The van der Waals surface area contributed by atoms with Crippen molar-refractivity contribution in [1.29, 1.82) is 0 Å². The van der Waals surface area contributed by atoms with Gasteiger partial charge in [-0.05, 0) is 38.1 Å². The van der Waals surface area contributed by atoms with E-state index in [1.54, 1.807) is 6.92 Å². The molecule has 1 aromatic heterocycles. The predicted molar refractivity (Wildman–Crippen MR) is 67.8 cm³/mol. The summed E-state index contributed by atoms with van der Waals surface area (Å²) in [5.74, 6) is 1.23. The van der Waals surface area contributed by atoms with Gasteiger partial charge in [0, 0.05) is 5.69 Å². The van der Waals surface area contributed by atoms with E-state index in [1.807, 2.05) is 31.2 Å². The smallest absolute Gasteiger partial charge is 0.320 e. The summed E-state index contributed by atoms with van der Waals surface area (Å²) in [4.78, 5) is 0. The average Bonchev–Trinajstić information content (AvgIpc) is 2.81. The normalized spacial score (nSPS) is 12.2. The minimum absolute atomic E-state index is 0.270. The number of hydrogen-bond acceptors (Lipinski definition) is 6. The van der Waals surface area contributed by atoms with Crippen LogP contribution in [0.5, 0.6) is 5.75 Å². The Labute approximate surface area is 105 Å². The summed E-state index contributed by atoms with van der Waals surface area (Å²) in [6.07, 6.45) is 0. The Hall–Kier alpha value is -2.08. The van der Waals surface area contributed by atoms with Crippen LogP contribution in [0.1, 0.15) is 25.8 Å². The van der Waals surface area contributed by atoms with E-state index in [4.69, 9.17) is 14.9 Å². The van der Waals surface area contributed by atoms with Gasteiger partial charge < -0.3 is 20.2 Å². The second-order valence-corrected chi connectivity index (χ2v) is 3.82. The highest BCUT2D eigenvalue weighted by atomic mass is 16.5. The van der Waals surface area contributed by atoms with Crippen LogP contribution in [0.3, 0.4) is 0 Å². The van der Waals surface area contributed by atoms with E-state index < -0.39 is 0 Å². The van der Waals surface area contributed by atoms with Crippen LogP contribution < -0.4 is 15.8 Å². The van der Waals surface area contributed by atoms with Gasteiger partial charge in [-0.25, -0.2) is 0 Å². The van der Waals surface area contributed by atoms with Crippen molar-refractivity contribution < 1.29 is 9.15 Å². The van der Waals surface area contributed by atoms with Gasteiger partial charge in [0.15, 0.2) is 0 Å². The fourth-order valence-electron chi connectivity index (χ4n) is 1.39. The summed E-state index contributed by atoms with van der Waals surface area (Å²) >= 11 is 0. The molecule has 0 aliphatic heterocycles. The number of nitrogens with one attached hydrogen (secondary N) is 1. The molecule has 2 rings (SSSR count). The first-order chi connectivity index (χ1) is 8.69. The van der Waals surface area contributed by atoms with Crippen LogP contribution in [-0.4, -0.2) is 16.8 Å². The monoisotopic (exact) mass is 248 g/mol. The lowest BCUT2D eigenvalue weighted by molar-refractivity contribution is 0.340. The molecular formula is C12H16N4O2. The van der Waals surface area contributed by atoms with Crippen LogP contribution in [0, 0.1) is 0 Å². The SMILES string of the molecule is CCOc1ccc(Nc2nnc(C(C)N)o2)cc1. The Bertz CT molecular complexity index is 493. The molecule has 0 fully saturated rings. The molecule has 0 spiro atoms. The lowest BCUT2D eigenvalue weighted by atomic mass is 10.3. The third-order valence-corrected chi connectivity index (χ3v) is 2.25. The van der Waals surface area contributed by atoms with Crippen molar-refractivity contribution in [2.24, 2.45) is 5.73 Å². The molecule has 0 bridgehead atoms. The lowest BCUT2D eigenvalue weighted by Crippen LogP contribution is -2.04. The van der Waals surface area contributed by atoms with Crippen LogP contribution in [-0.2, 0) is 0 Å². The Morgan fingerprint density at radius 3 is 2.61 bits per heavy atom. The number of hydrogen-bond donors (Lipinski definition) is 2. The topological polar surface area (TPSA) is 86.2 Å². The van der Waals surface area contributed by atoms with Crippen LogP contribution in [0.2, 0.25) is 0 Å². The number of aromatic nitrogens is 2. The van der Waals surface area contributed by atoms with E-state index in [-0.39, 0.29) is 6.04 Å². The van der Waals surface area contributed by atoms with E-state index in [9.17, 15) is 0 Å². The Balaban J connectivity index is 2.03. The standard InChI is InChI=1S/C12H16N4O2/c1-3-17-10-6-4-9(5-7-10)14-12-16-15-11(18-12)8(2)13/h4-8H,3,13H2,1-2H3,(H,14,16). The van der Waals surface area contributed by atoms with Crippen LogP contribution in [0.4, 0.5) is 11.7 Å². The molecular weight excluding hydrogens is 232 g/mol. The second-order valence-electron chi connectivity index (χ2n) is 3.82. The maximum absolute atomic E-state index is 5.63. The van der Waals surface area contributed by atoms with Gasteiger partial charge in [0.25, 0.3) is 0 Å². The van der Waals surface area contributed by atoms with Crippen molar-refractivity contribution in [2.45, 2.75) is 19.9 Å². The van der Waals surface area contributed by atoms with E-state index >= 15 is 0 Å². The lowest BCUT2D eigenvalue weighted by Gasteiger charge is -2.04. The Kier molecular flexibility index (Phi) is 3.78. The highest BCUT2D eigenvalue weighted by Crippen LogP contribution is 2.20. The molecule has 1 heterocycles. The quantitative estimate of drug-likeness (QED) is 0.843. The first-order valence-corrected chi connectivity index (χ1v) is 5.78. The molecule has 1 unspecified atom stereocenters. The van der Waals surface area contributed by atoms with Crippen LogP contribution in [0.25, 0.3) is 0 Å². The number of ether oxygens (including phenoxy) is 1. The molecule has 1 atom stereocenters. The highest BCUT2D eigenvalue weighted by Gasteiger charge is 2.09. The third kappa shape index (κ3) is 2.98. The molecule has 0 radical (unpaired) electrons. The van der Waals surface area contributed by atoms with Gasteiger partial charge in [0.1, 0.15) is 5.75 Å². The van der Waals surface area contributed by atoms with Crippen molar-refractivity contribution >= 4 is 11.7 Å². The van der Waals surface area contributed by atoms with Crippen molar-refractivity contribution in [1.82, 2.24) is 10.2 Å². The molecule has 6 heteroatoms. The van der Waals surface area contributed by atoms with Gasteiger partial charge in [0.2, 0.25) is 5.89 Å². The number of nitrogens with zero attached hydrogens (tertiary/aromatic N) is 2. The average molecular weight is 248 g/mol. The third-order valence-electron chi connectivity index (χ3n) is 2.25. The predicted octanol–water partition coefficient (Wildman–Crippen LogP) is 2.23.